The van der Waals surface area contributed by atoms with Crippen LogP contribution >= 0.6 is 11.3 Å². The predicted octanol–water partition coefficient (Wildman–Crippen LogP) is 5.42. The Balaban J connectivity index is 1.31. The van der Waals surface area contributed by atoms with Gasteiger partial charge in [0.1, 0.15) is 17.1 Å². The minimum atomic E-state index is -0.0145. The van der Waals surface area contributed by atoms with Gasteiger partial charge in [0.05, 0.1) is 17.5 Å². The number of anilines is 1. The molecule has 170 valence electrons. The Morgan fingerprint density at radius 1 is 0.971 bits per heavy atom. The number of benzene rings is 2. The van der Waals surface area contributed by atoms with Crippen molar-refractivity contribution < 1.29 is 9.53 Å². The maximum atomic E-state index is 13.6. The number of nitrogens with zero attached hydrogens (tertiary/aromatic N) is 3. The summed E-state index contributed by atoms with van der Waals surface area (Å²) in [6.45, 7) is 2.88. The summed E-state index contributed by atoms with van der Waals surface area (Å²) in [5.41, 5.74) is 4.51. The summed E-state index contributed by atoms with van der Waals surface area (Å²) in [4.78, 5) is 27.2. The average molecular weight is 469 g/mol. The van der Waals surface area contributed by atoms with Gasteiger partial charge in [-0.25, -0.2) is 4.98 Å². The van der Waals surface area contributed by atoms with Crippen molar-refractivity contribution in [3.63, 3.8) is 0 Å². The van der Waals surface area contributed by atoms with Crippen molar-refractivity contribution in [2.24, 2.45) is 0 Å². The van der Waals surface area contributed by atoms with Crippen LogP contribution in [0.15, 0.2) is 72.1 Å². The third-order valence-electron chi connectivity index (χ3n) is 6.47. The van der Waals surface area contributed by atoms with Gasteiger partial charge in [0, 0.05) is 48.2 Å². The van der Waals surface area contributed by atoms with E-state index < -0.39 is 0 Å². The third kappa shape index (κ3) is 3.58. The van der Waals surface area contributed by atoms with Crippen LogP contribution in [0.25, 0.3) is 32.4 Å². The van der Waals surface area contributed by atoms with Crippen molar-refractivity contribution in [3.8, 4) is 16.3 Å². The first-order valence-corrected chi connectivity index (χ1v) is 12.2. The topological polar surface area (TPSA) is 61.5 Å². The number of methoxy groups -OCH3 is 1. The molecule has 5 aromatic rings. The lowest BCUT2D eigenvalue weighted by atomic mass is 10.1. The van der Waals surface area contributed by atoms with Gasteiger partial charge in [0.2, 0.25) is 0 Å². The van der Waals surface area contributed by atoms with Gasteiger partial charge in [-0.05, 0) is 47.8 Å². The first-order valence-electron chi connectivity index (χ1n) is 11.3. The van der Waals surface area contributed by atoms with Gasteiger partial charge in [0.15, 0.2) is 0 Å². The summed E-state index contributed by atoms with van der Waals surface area (Å²) in [7, 11) is 1.67. The number of thiophene rings is 1. The van der Waals surface area contributed by atoms with Crippen LogP contribution in [0.1, 0.15) is 10.5 Å². The Kier molecular flexibility index (Phi) is 5.19. The number of carbonyl (C=O) groups excluding carboxylic acids is 1. The second kappa shape index (κ2) is 8.50. The van der Waals surface area contributed by atoms with Crippen LogP contribution in [0.3, 0.4) is 0 Å². The molecule has 0 spiro atoms. The maximum absolute atomic E-state index is 13.6. The van der Waals surface area contributed by atoms with Crippen molar-refractivity contribution in [1.82, 2.24) is 14.9 Å². The van der Waals surface area contributed by atoms with Crippen LogP contribution in [-0.2, 0) is 0 Å². The van der Waals surface area contributed by atoms with Crippen molar-refractivity contribution in [2.75, 3.05) is 38.2 Å². The lowest BCUT2D eigenvalue weighted by Crippen LogP contribution is -2.49. The summed E-state index contributed by atoms with van der Waals surface area (Å²) >= 11 is 1.63. The minimum Gasteiger partial charge on any atom is -0.497 e. The zero-order chi connectivity index (χ0) is 23.1. The number of hydrogen-bond donors (Lipinski definition) is 1. The SMILES string of the molecule is COc1ccc(N2CCN(C(=O)c3cc4c([nH]c5ccccc54)c(-c4cccs4)n3)CC2)cc1. The van der Waals surface area contributed by atoms with Gasteiger partial charge < -0.3 is 19.5 Å². The van der Waals surface area contributed by atoms with E-state index in [0.29, 0.717) is 18.8 Å². The first kappa shape index (κ1) is 20.7. The van der Waals surface area contributed by atoms with Crippen LogP contribution in [0.5, 0.6) is 5.75 Å². The van der Waals surface area contributed by atoms with E-state index in [9.17, 15) is 4.79 Å². The number of pyridine rings is 1. The molecule has 0 bridgehead atoms. The Morgan fingerprint density at radius 3 is 2.50 bits per heavy atom. The second-order valence-corrected chi connectivity index (χ2v) is 9.35. The predicted molar refractivity (Wildman–Crippen MR) is 138 cm³/mol. The lowest BCUT2D eigenvalue weighted by molar-refractivity contribution is 0.0741. The molecule has 1 amide bonds. The molecule has 0 aliphatic carbocycles. The molecule has 0 atom stereocenters. The number of para-hydroxylation sites is 1. The molecule has 6 nitrogen and oxygen atoms in total. The normalized spacial score (nSPS) is 14.1. The monoisotopic (exact) mass is 468 g/mol. The molecular weight excluding hydrogens is 444 g/mol. The number of aromatic amines is 1. The van der Waals surface area contributed by atoms with Crippen LogP contribution < -0.4 is 9.64 Å². The van der Waals surface area contributed by atoms with Gasteiger partial charge in [-0.3, -0.25) is 4.79 Å². The number of carbonyl (C=O) groups is 1. The molecule has 7 heteroatoms. The number of fused-ring (bicyclic) bond motifs is 3. The molecule has 0 radical (unpaired) electrons. The number of ether oxygens (including phenoxy) is 1. The van der Waals surface area contributed by atoms with E-state index in [1.54, 1.807) is 18.4 Å². The lowest BCUT2D eigenvalue weighted by Gasteiger charge is -2.36. The van der Waals surface area contributed by atoms with E-state index in [2.05, 4.69) is 40.2 Å². The highest BCUT2D eigenvalue weighted by molar-refractivity contribution is 7.13. The molecule has 0 unspecified atom stereocenters. The summed E-state index contributed by atoms with van der Waals surface area (Å²) in [6, 6.07) is 22.3. The molecule has 0 saturated carbocycles. The molecule has 1 saturated heterocycles. The highest BCUT2D eigenvalue weighted by Crippen LogP contribution is 2.34. The highest BCUT2D eigenvalue weighted by atomic mass is 32.1. The van der Waals surface area contributed by atoms with Crippen LogP contribution in [0, 0.1) is 0 Å². The standard InChI is InChI=1S/C27H24N4O2S/c1-33-19-10-8-18(9-11-19)30-12-14-31(15-13-30)27(32)23-17-21-20-5-2-3-6-22(20)28-25(21)26(29-23)24-7-4-16-34-24/h2-11,16-17,28H,12-15H2,1H3. The number of hydrogen-bond acceptors (Lipinski definition) is 5. The Labute approximate surface area is 201 Å². The van der Waals surface area contributed by atoms with Gasteiger partial charge in [-0.2, -0.15) is 0 Å². The number of H-pyrrole nitrogens is 1. The highest BCUT2D eigenvalue weighted by Gasteiger charge is 2.25. The summed E-state index contributed by atoms with van der Waals surface area (Å²) in [6.07, 6.45) is 0. The van der Waals surface area contributed by atoms with Gasteiger partial charge in [-0.1, -0.05) is 24.3 Å². The Hall–Kier alpha value is -3.84. The van der Waals surface area contributed by atoms with Crippen LogP contribution in [0.2, 0.25) is 0 Å². The molecule has 3 aromatic heterocycles. The summed E-state index contributed by atoms with van der Waals surface area (Å²) in [5, 5.41) is 4.18. The largest absolute Gasteiger partial charge is 0.497 e. The fraction of sp³-hybridized carbons (Fsp3) is 0.185. The Bertz CT molecular complexity index is 1470. The van der Waals surface area contributed by atoms with E-state index in [4.69, 9.17) is 9.72 Å². The van der Waals surface area contributed by atoms with E-state index in [0.717, 1.165) is 56.9 Å². The summed E-state index contributed by atoms with van der Waals surface area (Å²) < 4.78 is 5.26. The third-order valence-corrected chi connectivity index (χ3v) is 7.35. The van der Waals surface area contributed by atoms with Crippen molar-refractivity contribution in [3.05, 3.63) is 77.8 Å². The Morgan fingerprint density at radius 2 is 1.76 bits per heavy atom. The molecule has 1 fully saturated rings. The zero-order valence-electron chi connectivity index (χ0n) is 18.8. The van der Waals surface area contributed by atoms with Crippen molar-refractivity contribution >= 4 is 44.7 Å². The summed E-state index contributed by atoms with van der Waals surface area (Å²) in [5.74, 6) is 0.831. The molecule has 2 aromatic carbocycles. The molecule has 1 N–H and O–H groups in total. The number of piperazine rings is 1. The zero-order valence-corrected chi connectivity index (χ0v) is 19.6. The molecule has 6 rings (SSSR count). The minimum absolute atomic E-state index is 0.0145. The van der Waals surface area contributed by atoms with E-state index in [1.165, 1.54) is 0 Å². The van der Waals surface area contributed by atoms with Crippen molar-refractivity contribution in [1.29, 1.82) is 0 Å². The van der Waals surface area contributed by atoms with E-state index in [-0.39, 0.29) is 5.91 Å². The van der Waals surface area contributed by atoms with Gasteiger partial charge in [0.25, 0.3) is 5.91 Å². The van der Waals surface area contributed by atoms with E-state index in [1.807, 2.05) is 46.7 Å². The van der Waals surface area contributed by atoms with Crippen LogP contribution in [0.4, 0.5) is 5.69 Å². The molecule has 1 aliphatic heterocycles. The van der Waals surface area contributed by atoms with E-state index >= 15 is 0 Å². The fourth-order valence-electron chi connectivity index (χ4n) is 4.67. The molecule has 4 heterocycles. The fourth-order valence-corrected chi connectivity index (χ4v) is 5.39. The number of rotatable bonds is 4. The number of nitrogens with one attached hydrogen (secondary N) is 1. The van der Waals surface area contributed by atoms with Gasteiger partial charge >= 0.3 is 0 Å². The van der Waals surface area contributed by atoms with Crippen molar-refractivity contribution in [2.45, 2.75) is 0 Å². The number of amides is 1. The smallest absolute Gasteiger partial charge is 0.272 e. The quantitative estimate of drug-likeness (QED) is 0.383. The first-order chi connectivity index (χ1) is 16.7. The number of aromatic nitrogens is 2. The molecular formula is C27H24N4O2S. The average Bonchev–Trinajstić information content (AvgIpc) is 3.56. The van der Waals surface area contributed by atoms with Gasteiger partial charge in [-0.15, -0.1) is 11.3 Å². The second-order valence-electron chi connectivity index (χ2n) is 8.40. The van der Waals surface area contributed by atoms with Crippen LogP contribution in [-0.4, -0.2) is 54.1 Å². The molecule has 1 aliphatic rings. The molecule has 34 heavy (non-hydrogen) atoms. The maximum Gasteiger partial charge on any atom is 0.272 e.